The van der Waals surface area contributed by atoms with Gasteiger partial charge in [-0.1, -0.05) is 36.0 Å². The Labute approximate surface area is 177 Å². The minimum atomic E-state index is -0.0692. The third-order valence-corrected chi connectivity index (χ3v) is 5.78. The predicted octanol–water partition coefficient (Wildman–Crippen LogP) is 3.63. The van der Waals surface area contributed by atoms with E-state index >= 15 is 0 Å². The van der Waals surface area contributed by atoms with Crippen molar-refractivity contribution >= 4 is 28.4 Å². The van der Waals surface area contributed by atoms with E-state index in [1.807, 2.05) is 53.8 Å². The van der Waals surface area contributed by atoms with Crippen LogP contribution in [0.2, 0.25) is 0 Å². The number of para-hydroxylation sites is 1. The van der Waals surface area contributed by atoms with Gasteiger partial charge in [0.1, 0.15) is 0 Å². The third kappa shape index (κ3) is 3.95. The first-order chi connectivity index (χ1) is 14.7. The highest BCUT2D eigenvalue weighted by Gasteiger charge is 2.16. The fraction of sp³-hybridized carbons (Fsp3) is 0.273. The number of nitrogens with zero attached hydrogens (tertiary/aromatic N) is 5. The molecule has 0 aliphatic carbocycles. The molecule has 0 aliphatic heterocycles. The number of ether oxygens (including phenoxy) is 1. The van der Waals surface area contributed by atoms with E-state index < -0.39 is 0 Å². The molecule has 4 rings (SSSR count). The van der Waals surface area contributed by atoms with Crippen molar-refractivity contribution in [2.75, 3.05) is 13.2 Å². The summed E-state index contributed by atoms with van der Waals surface area (Å²) in [5, 5.41) is 19.2. The van der Waals surface area contributed by atoms with Crippen molar-refractivity contribution in [3.8, 4) is 6.07 Å². The smallest absolute Gasteiger partial charge is 0.262 e. The average Bonchev–Trinajstić information content (AvgIpc) is 3.21. The van der Waals surface area contributed by atoms with E-state index in [0.29, 0.717) is 47.4 Å². The fourth-order valence-corrected chi connectivity index (χ4v) is 4.26. The highest BCUT2D eigenvalue weighted by molar-refractivity contribution is 7.98. The van der Waals surface area contributed by atoms with Crippen molar-refractivity contribution in [2.24, 2.45) is 0 Å². The van der Waals surface area contributed by atoms with Crippen LogP contribution in [-0.2, 0) is 17.0 Å². The van der Waals surface area contributed by atoms with E-state index in [9.17, 15) is 4.79 Å². The van der Waals surface area contributed by atoms with Gasteiger partial charge in [0.15, 0.2) is 5.16 Å². The summed E-state index contributed by atoms with van der Waals surface area (Å²) >= 11 is 1.53. The van der Waals surface area contributed by atoms with Crippen molar-refractivity contribution in [3.63, 3.8) is 0 Å². The van der Waals surface area contributed by atoms with E-state index in [0.717, 1.165) is 17.5 Å². The minimum absolute atomic E-state index is 0.0692. The zero-order valence-corrected chi connectivity index (χ0v) is 17.4. The van der Waals surface area contributed by atoms with Gasteiger partial charge >= 0.3 is 0 Å². The van der Waals surface area contributed by atoms with Crippen LogP contribution in [0.15, 0.2) is 58.5 Å². The molecular weight excluding hydrogens is 398 g/mol. The topological polar surface area (TPSA) is 85.2 Å². The van der Waals surface area contributed by atoms with Crippen molar-refractivity contribution in [3.05, 3.63) is 70.0 Å². The number of benzene rings is 2. The van der Waals surface area contributed by atoms with Crippen LogP contribution in [0, 0.1) is 11.3 Å². The van der Waals surface area contributed by atoms with Gasteiger partial charge in [0.05, 0.1) is 22.5 Å². The van der Waals surface area contributed by atoms with Crippen molar-refractivity contribution in [1.29, 1.82) is 5.26 Å². The molecule has 0 bridgehead atoms. The molecule has 0 N–H and O–H groups in total. The SMILES string of the molecule is CCOCCCn1c(=O)c2ccccc2n2c(SCc3cccc(C#N)c3)nnc12. The van der Waals surface area contributed by atoms with E-state index in [1.165, 1.54) is 11.8 Å². The number of nitriles is 1. The van der Waals surface area contributed by atoms with Gasteiger partial charge in [-0.15, -0.1) is 10.2 Å². The summed E-state index contributed by atoms with van der Waals surface area (Å²) in [4.78, 5) is 13.1. The Bertz CT molecular complexity index is 1290. The zero-order chi connectivity index (χ0) is 20.9. The second kappa shape index (κ2) is 9.11. The number of fused-ring (bicyclic) bond motifs is 3. The summed E-state index contributed by atoms with van der Waals surface area (Å²) in [5.74, 6) is 1.18. The maximum Gasteiger partial charge on any atom is 0.262 e. The van der Waals surface area contributed by atoms with Crippen LogP contribution >= 0.6 is 11.8 Å². The predicted molar refractivity (Wildman–Crippen MR) is 117 cm³/mol. The normalized spacial score (nSPS) is 11.2. The van der Waals surface area contributed by atoms with E-state index in [2.05, 4.69) is 16.3 Å². The molecule has 0 spiro atoms. The van der Waals surface area contributed by atoms with Crippen molar-refractivity contribution in [2.45, 2.75) is 30.8 Å². The molecule has 0 saturated carbocycles. The largest absolute Gasteiger partial charge is 0.382 e. The number of rotatable bonds is 8. The molecule has 0 aliphatic rings. The number of aromatic nitrogens is 4. The van der Waals surface area contributed by atoms with Gasteiger partial charge in [0, 0.05) is 25.5 Å². The van der Waals surface area contributed by atoms with Crippen LogP contribution in [0.25, 0.3) is 16.7 Å². The Hall–Kier alpha value is -3.15. The highest BCUT2D eigenvalue weighted by atomic mass is 32.2. The lowest BCUT2D eigenvalue weighted by Gasteiger charge is -2.11. The summed E-state index contributed by atoms with van der Waals surface area (Å²) in [6.07, 6.45) is 0.720. The molecule has 0 unspecified atom stereocenters. The maximum absolute atomic E-state index is 13.1. The molecule has 2 heterocycles. The van der Waals surface area contributed by atoms with Crippen LogP contribution in [0.3, 0.4) is 0 Å². The van der Waals surface area contributed by atoms with E-state index in [4.69, 9.17) is 10.00 Å². The molecule has 0 radical (unpaired) electrons. The summed E-state index contributed by atoms with van der Waals surface area (Å²) in [5.41, 5.74) is 2.38. The average molecular weight is 420 g/mol. The molecule has 8 heteroatoms. The highest BCUT2D eigenvalue weighted by Crippen LogP contribution is 2.25. The summed E-state index contributed by atoms with van der Waals surface area (Å²) < 4.78 is 9.04. The van der Waals surface area contributed by atoms with Crippen molar-refractivity contribution in [1.82, 2.24) is 19.2 Å². The van der Waals surface area contributed by atoms with Gasteiger partial charge in [-0.05, 0) is 43.2 Å². The first-order valence-electron chi connectivity index (χ1n) is 9.79. The van der Waals surface area contributed by atoms with Gasteiger partial charge in [-0.3, -0.25) is 13.8 Å². The molecular formula is C22H21N5O2S. The lowest BCUT2D eigenvalue weighted by Crippen LogP contribution is -2.24. The molecule has 0 amide bonds. The quantitative estimate of drug-likeness (QED) is 0.320. The summed E-state index contributed by atoms with van der Waals surface area (Å²) in [6, 6.07) is 17.2. The Morgan fingerprint density at radius 2 is 2.03 bits per heavy atom. The van der Waals surface area contributed by atoms with Gasteiger partial charge in [-0.25, -0.2) is 0 Å². The van der Waals surface area contributed by atoms with Crippen LogP contribution in [0.4, 0.5) is 0 Å². The zero-order valence-electron chi connectivity index (χ0n) is 16.6. The Balaban J connectivity index is 1.73. The number of thioether (sulfide) groups is 1. The summed E-state index contributed by atoms with van der Waals surface area (Å²) in [7, 11) is 0. The van der Waals surface area contributed by atoms with Gasteiger partial charge in [0.2, 0.25) is 5.78 Å². The molecule has 7 nitrogen and oxygen atoms in total. The fourth-order valence-electron chi connectivity index (χ4n) is 3.38. The van der Waals surface area contributed by atoms with Crippen LogP contribution in [0.5, 0.6) is 0 Å². The molecule has 2 aromatic carbocycles. The second-order valence-corrected chi connectivity index (χ2v) is 7.69. The monoisotopic (exact) mass is 419 g/mol. The van der Waals surface area contributed by atoms with E-state index in [1.54, 1.807) is 10.6 Å². The van der Waals surface area contributed by atoms with Gasteiger partial charge in [0.25, 0.3) is 5.56 Å². The second-order valence-electron chi connectivity index (χ2n) is 6.74. The Morgan fingerprint density at radius 1 is 1.17 bits per heavy atom. The Kier molecular flexibility index (Phi) is 6.12. The van der Waals surface area contributed by atoms with Gasteiger partial charge < -0.3 is 4.74 Å². The number of hydrogen-bond acceptors (Lipinski definition) is 6. The third-order valence-electron chi connectivity index (χ3n) is 4.78. The molecule has 0 fully saturated rings. The molecule has 0 saturated heterocycles. The molecule has 152 valence electrons. The number of hydrogen-bond donors (Lipinski definition) is 0. The van der Waals surface area contributed by atoms with Crippen LogP contribution in [-0.4, -0.2) is 32.4 Å². The van der Waals surface area contributed by atoms with E-state index in [-0.39, 0.29) is 5.56 Å². The molecule has 2 aromatic heterocycles. The molecule has 30 heavy (non-hydrogen) atoms. The first-order valence-corrected chi connectivity index (χ1v) is 10.8. The summed E-state index contributed by atoms with van der Waals surface area (Å²) in [6.45, 7) is 3.71. The standard InChI is InChI=1S/C22H21N5O2S/c1-2-29-12-6-11-26-20(28)18-9-3-4-10-19(18)27-21(26)24-25-22(27)30-15-17-8-5-7-16(13-17)14-23/h3-5,7-10,13H,2,6,11-12,15H2,1H3. The van der Waals surface area contributed by atoms with Gasteiger partial charge in [-0.2, -0.15) is 5.26 Å². The lowest BCUT2D eigenvalue weighted by atomic mass is 10.2. The molecule has 0 atom stereocenters. The maximum atomic E-state index is 13.1. The lowest BCUT2D eigenvalue weighted by molar-refractivity contribution is 0.141. The Morgan fingerprint density at radius 3 is 2.87 bits per heavy atom. The number of aryl methyl sites for hydroxylation is 1. The van der Waals surface area contributed by atoms with Crippen molar-refractivity contribution < 1.29 is 4.74 Å². The minimum Gasteiger partial charge on any atom is -0.382 e. The first kappa shape index (κ1) is 20.1. The van der Waals surface area contributed by atoms with Crippen LogP contribution in [0.1, 0.15) is 24.5 Å². The molecule has 4 aromatic rings. The van der Waals surface area contributed by atoms with Crippen LogP contribution < -0.4 is 5.56 Å².